The molecule has 56 valence electrons. The van der Waals surface area contributed by atoms with Crippen LogP contribution in [-0.2, 0) is 4.79 Å². The molecule has 0 aromatic rings. The highest BCUT2D eigenvalue weighted by molar-refractivity contribution is 5.85. The van der Waals surface area contributed by atoms with E-state index in [4.69, 9.17) is 10.8 Å². The fraction of sp³-hybridized carbons (Fsp3) is 0.800. The zero-order valence-electron chi connectivity index (χ0n) is 5.33. The molecule has 0 rings (SSSR count). The van der Waals surface area contributed by atoms with Gasteiger partial charge in [0.15, 0.2) is 0 Å². The van der Waals surface area contributed by atoms with Gasteiger partial charge in [-0.2, -0.15) is 0 Å². The molecule has 0 aromatic heterocycles. The molecule has 0 saturated carbocycles. The Bertz CT molecular complexity index is 87.0. The van der Waals surface area contributed by atoms with E-state index in [9.17, 15) is 4.79 Å². The van der Waals surface area contributed by atoms with Gasteiger partial charge in [-0.3, -0.25) is 4.79 Å². The van der Waals surface area contributed by atoms with Crippen LogP contribution in [-0.4, -0.2) is 17.1 Å². The Kier molecular flexibility index (Phi) is 7.48. The van der Waals surface area contributed by atoms with Crippen molar-refractivity contribution in [1.82, 2.24) is 0 Å². The largest absolute Gasteiger partial charge is 0.481 e. The Morgan fingerprint density at radius 2 is 2.22 bits per heavy atom. The molecule has 0 aromatic carbocycles. The van der Waals surface area contributed by atoms with Crippen molar-refractivity contribution in [2.24, 2.45) is 5.73 Å². The number of carboxylic acids is 1. The lowest BCUT2D eigenvalue weighted by atomic mass is 10.2. The smallest absolute Gasteiger partial charge is 0.304 e. The number of hydrogen-bond acceptors (Lipinski definition) is 2. The molecule has 0 amide bonds. The van der Waals surface area contributed by atoms with Crippen molar-refractivity contribution in [3.05, 3.63) is 0 Å². The van der Waals surface area contributed by atoms with Crippen molar-refractivity contribution < 1.29 is 9.90 Å². The number of rotatable bonds is 3. The fourth-order valence-corrected chi connectivity index (χ4v) is 0.369. The highest BCUT2D eigenvalue weighted by Gasteiger charge is 2.03. The van der Waals surface area contributed by atoms with Crippen LogP contribution in [0.2, 0.25) is 0 Å². The second kappa shape index (κ2) is 5.85. The number of halogens is 1. The summed E-state index contributed by atoms with van der Waals surface area (Å²) in [6, 6.07) is -0.174. The molecule has 3 nitrogen and oxygen atoms in total. The summed E-state index contributed by atoms with van der Waals surface area (Å²) in [7, 11) is 0. The zero-order chi connectivity index (χ0) is 6.57. The molecular weight excluding hydrogens is 142 g/mol. The molecule has 0 radical (unpaired) electrons. The van der Waals surface area contributed by atoms with Crippen LogP contribution in [0.15, 0.2) is 0 Å². The van der Waals surface area contributed by atoms with E-state index in [1.54, 1.807) is 0 Å². The van der Waals surface area contributed by atoms with Gasteiger partial charge < -0.3 is 10.8 Å². The van der Waals surface area contributed by atoms with Gasteiger partial charge in [0.25, 0.3) is 0 Å². The third kappa shape index (κ3) is 7.72. The van der Waals surface area contributed by atoms with E-state index in [0.717, 1.165) is 6.42 Å². The van der Waals surface area contributed by atoms with Gasteiger partial charge in [-0.25, -0.2) is 0 Å². The summed E-state index contributed by atoms with van der Waals surface area (Å²) in [6.45, 7) is 1.87. The Morgan fingerprint density at radius 1 is 1.78 bits per heavy atom. The minimum atomic E-state index is -0.820. The number of carbonyl (C=O) groups is 1. The molecule has 0 heterocycles. The van der Waals surface area contributed by atoms with E-state index >= 15 is 0 Å². The average Bonchev–Trinajstić information content (AvgIpc) is 1.65. The van der Waals surface area contributed by atoms with Gasteiger partial charge in [0.2, 0.25) is 0 Å². The van der Waals surface area contributed by atoms with Crippen molar-refractivity contribution in [2.45, 2.75) is 25.8 Å². The maximum absolute atomic E-state index is 9.89. The van der Waals surface area contributed by atoms with E-state index in [1.807, 2.05) is 6.92 Å². The fourth-order valence-electron chi connectivity index (χ4n) is 0.369. The molecule has 0 fully saturated rings. The predicted octanol–water partition coefficient (Wildman–Crippen LogP) is 0.620. The average molecular weight is 154 g/mol. The molecule has 1 atom stereocenters. The predicted molar refractivity (Wildman–Crippen MR) is 37.8 cm³/mol. The van der Waals surface area contributed by atoms with Gasteiger partial charge in [-0.1, -0.05) is 6.92 Å². The first-order valence-corrected chi connectivity index (χ1v) is 2.64. The number of carboxylic acid groups (broad SMARTS) is 1. The van der Waals surface area contributed by atoms with Crippen LogP contribution < -0.4 is 5.73 Å². The highest BCUT2D eigenvalue weighted by Crippen LogP contribution is 1.91. The third-order valence-electron chi connectivity index (χ3n) is 0.961. The van der Waals surface area contributed by atoms with Crippen molar-refractivity contribution in [1.29, 1.82) is 0 Å². The summed E-state index contributed by atoms with van der Waals surface area (Å²) in [5, 5.41) is 8.14. The summed E-state index contributed by atoms with van der Waals surface area (Å²) >= 11 is 0. The summed E-state index contributed by atoms with van der Waals surface area (Å²) in [6.07, 6.45) is 0.808. The Hall–Kier alpha value is -0.280. The first-order valence-electron chi connectivity index (χ1n) is 2.64. The summed E-state index contributed by atoms with van der Waals surface area (Å²) < 4.78 is 0. The SMILES string of the molecule is CCC(N)CC(=O)O.Cl. The van der Waals surface area contributed by atoms with Gasteiger partial charge in [-0.15, -0.1) is 12.4 Å². The van der Waals surface area contributed by atoms with Gasteiger partial charge in [0, 0.05) is 6.04 Å². The maximum atomic E-state index is 9.89. The highest BCUT2D eigenvalue weighted by atomic mass is 35.5. The van der Waals surface area contributed by atoms with E-state index in [0.29, 0.717) is 0 Å². The molecule has 9 heavy (non-hydrogen) atoms. The first-order chi connectivity index (χ1) is 3.66. The van der Waals surface area contributed by atoms with E-state index in [1.165, 1.54) is 0 Å². The molecule has 1 unspecified atom stereocenters. The lowest BCUT2D eigenvalue weighted by molar-refractivity contribution is -0.137. The molecule has 0 aliphatic heterocycles. The van der Waals surface area contributed by atoms with E-state index in [2.05, 4.69) is 0 Å². The topological polar surface area (TPSA) is 63.3 Å². The first kappa shape index (κ1) is 11.5. The van der Waals surface area contributed by atoms with Crippen LogP contribution in [0, 0.1) is 0 Å². The van der Waals surface area contributed by atoms with Crippen LogP contribution in [0.5, 0.6) is 0 Å². The minimum Gasteiger partial charge on any atom is -0.481 e. The quantitative estimate of drug-likeness (QED) is 0.625. The molecule has 0 spiro atoms. The van der Waals surface area contributed by atoms with Gasteiger partial charge in [0.05, 0.1) is 6.42 Å². The van der Waals surface area contributed by atoms with Crippen LogP contribution >= 0.6 is 12.4 Å². The van der Waals surface area contributed by atoms with E-state index in [-0.39, 0.29) is 24.9 Å². The lowest BCUT2D eigenvalue weighted by Crippen LogP contribution is -2.22. The molecule has 0 saturated heterocycles. The summed E-state index contributed by atoms with van der Waals surface area (Å²) in [4.78, 5) is 9.89. The molecular formula is C5H12ClNO2. The molecule has 0 aliphatic rings. The van der Waals surface area contributed by atoms with E-state index < -0.39 is 5.97 Å². The van der Waals surface area contributed by atoms with Gasteiger partial charge >= 0.3 is 5.97 Å². The lowest BCUT2D eigenvalue weighted by Gasteiger charge is -2.01. The Labute approximate surface area is 60.6 Å². The monoisotopic (exact) mass is 153 g/mol. The van der Waals surface area contributed by atoms with Crippen LogP contribution in [0.1, 0.15) is 19.8 Å². The van der Waals surface area contributed by atoms with Crippen LogP contribution in [0.4, 0.5) is 0 Å². The zero-order valence-corrected chi connectivity index (χ0v) is 6.15. The summed E-state index contributed by atoms with van der Waals surface area (Å²) in [5.41, 5.74) is 5.29. The van der Waals surface area contributed by atoms with Crippen LogP contribution in [0.25, 0.3) is 0 Å². The van der Waals surface area contributed by atoms with Crippen molar-refractivity contribution >= 4 is 18.4 Å². The van der Waals surface area contributed by atoms with Crippen molar-refractivity contribution in [3.8, 4) is 0 Å². The number of nitrogens with two attached hydrogens (primary N) is 1. The third-order valence-corrected chi connectivity index (χ3v) is 0.961. The standard InChI is InChI=1S/C5H11NO2.ClH/c1-2-4(6)3-5(7)8;/h4H,2-3,6H2,1H3,(H,7,8);1H. The normalized spacial score (nSPS) is 11.8. The second-order valence-corrected chi connectivity index (χ2v) is 1.77. The molecule has 0 aliphatic carbocycles. The number of hydrogen-bond donors (Lipinski definition) is 2. The summed E-state index contributed by atoms with van der Waals surface area (Å²) in [5.74, 6) is -0.820. The molecule has 3 N–H and O–H groups in total. The molecule has 0 bridgehead atoms. The second-order valence-electron chi connectivity index (χ2n) is 1.77. The Morgan fingerprint density at radius 3 is 2.33 bits per heavy atom. The Balaban J connectivity index is 0. The van der Waals surface area contributed by atoms with Gasteiger partial charge in [-0.05, 0) is 6.42 Å². The number of aliphatic carboxylic acids is 1. The van der Waals surface area contributed by atoms with Gasteiger partial charge in [0.1, 0.15) is 0 Å². The van der Waals surface area contributed by atoms with Crippen LogP contribution in [0.3, 0.4) is 0 Å². The van der Waals surface area contributed by atoms with Crippen molar-refractivity contribution in [2.75, 3.05) is 0 Å². The molecule has 4 heteroatoms. The maximum Gasteiger partial charge on any atom is 0.304 e. The minimum absolute atomic E-state index is 0. The van der Waals surface area contributed by atoms with Crippen molar-refractivity contribution in [3.63, 3.8) is 0 Å².